The Hall–Kier alpha value is -1.51. The van der Waals surface area contributed by atoms with Crippen LogP contribution in [0.1, 0.15) is 42.1 Å². The molecular formula is C15H22N2O. The molecule has 1 fully saturated rings. The first-order chi connectivity index (χ1) is 8.63. The maximum absolute atomic E-state index is 12.5. The van der Waals surface area contributed by atoms with Crippen molar-refractivity contribution in [3.8, 4) is 0 Å². The smallest absolute Gasteiger partial charge is 0.256 e. The van der Waals surface area contributed by atoms with Gasteiger partial charge in [0.05, 0.1) is 5.56 Å². The van der Waals surface area contributed by atoms with Gasteiger partial charge in [0.1, 0.15) is 0 Å². The number of nitrogens with zero attached hydrogens (tertiary/aromatic N) is 1. The molecule has 0 aliphatic carbocycles. The minimum absolute atomic E-state index is 0.101. The number of carbonyl (C=O) groups is 1. The van der Waals surface area contributed by atoms with Gasteiger partial charge in [0.25, 0.3) is 5.91 Å². The molecule has 0 saturated carbocycles. The molecule has 2 rings (SSSR count). The molecule has 1 atom stereocenters. The van der Waals surface area contributed by atoms with Crippen molar-refractivity contribution in [1.82, 2.24) is 4.90 Å². The summed E-state index contributed by atoms with van der Waals surface area (Å²) in [7, 11) is 0. The van der Waals surface area contributed by atoms with Crippen molar-refractivity contribution in [3.05, 3.63) is 29.3 Å². The van der Waals surface area contributed by atoms with Gasteiger partial charge in [-0.15, -0.1) is 0 Å². The Morgan fingerprint density at radius 2 is 2.28 bits per heavy atom. The summed E-state index contributed by atoms with van der Waals surface area (Å²) in [5, 5.41) is 0. The highest BCUT2D eigenvalue weighted by molar-refractivity contribution is 6.00. The number of hydrogen-bond acceptors (Lipinski definition) is 2. The SMILES string of the molecule is CCCC1CCN(C(=O)c2c(C)cccc2N)C1. The molecule has 3 nitrogen and oxygen atoms in total. The second-order valence-electron chi connectivity index (χ2n) is 5.23. The van der Waals surface area contributed by atoms with Crippen molar-refractivity contribution in [2.24, 2.45) is 5.92 Å². The van der Waals surface area contributed by atoms with Gasteiger partial charge in [0.15, 0.2) is 0 Å². The van der Waals surface area contributed by atoms with Gasteiger partial charge in [-0.1, -0.05) is 25.5 Å². The van der Waals surface area contributed by atoms with Crippen molar-refractivity contribution in [2.75, 3.05) is 18.8 Å². The van der Waals surface area contributed by atoms with Crippen LogP contribution in [0, 0.1) is 12.8 Å². The van der Waals surface area contributed by atoms with Gasteiger partial charge in [-0.05, 0) is 37.3 Å². The Kier molecular flexibility index (Phi) is 3.90. The molecule has 2 N–H and O–H groups in total. The average molecular weight is 246 g/mol. The highest BCUT2D eigenvalue weighted by Gasteiger charge is 2.27. The van der Waals surface area contributed by atoms with Crippen LogP contribution in [0.25, 0.3) is 0 Å². The van der Waals surface area contributed by atoms with E-state index in [4.69, 9.17) is 5.73 Å². The Balaban J connectivity index is 2.13. The summed E-state index contributed by atoms with van der Waals surface area (Å²) in [6.07, 6.45) is 3.54. The third-order valence-corrected chi connectivity index (χ3v) is 3.79. The number of anilines is 1. The fourth-order valence-corrected chi connectivity index (χ4v) is 2.80. The van der Waals surface area contributed by atoms with Crippen LogP contribution < -0.4 is 5.73 Å². The minimum Gasteiger partial charge on any atom is -0.398 e. The molecule has 0 aromatic heterocycles. The number of hydrogen-bond donors (Lipinski definition) is 1. The molecule has 1 heterocycles. The monoisotopic (exact) mass is 246 g/mol. The molecule has 0 bridgehead atoms. The minimum atomic E-state index is 0.101. The zero-order valence-electron chi connectivity index (χ0n) is 11.3. The number of amides is 1. The van der Waals surface area contributed by atoms with Gasteiger partial charge >= 0.3 is 0 Å². The van der Waals surface area contributed by atoms with Crippen LogP contribution in [-0.2, 0) is 0 Å². The van der Waals surface area contributed by atoms with Crippen molar-refractivity contribution < 1.29 is 4.79 Å². The van der Waals surface area contributed by atoms with Crippen LogP contribution in [0.3, 0.4) is 0 Å². The molecule has 1 aliphatic heterocycles. The van der Waals surface area contributed by atoms with Gasteiger partial charge in [-0.3, -0.25) is 4.79 Å². The van der Waals surface area contributed by atoms with Crippen molar-refractivity contribution in [2.45, 2.75) is 33.1 Å². The normalized spacial score (nSPS) is 19.2. The first kappa shape index (κ1) is 12.9. The van der Waals surface area contributed by atoms with Crippen LogP contribution in [-0.4, -0.2) is 23.9 Å². The van der Waals surface area contributed by atoms with E-state index in [2.05, 4.69) is 6.92 Å². The summed E-state index contributed by atoms with van der Waals surface area (Å²) in [5.41, 5.74) is 8.19. The number of benzene rings is 1. The fourth-order valence-electron chi connectivity index (χ4n) is 2.80. The summed E-state index contributed by atoms with van der Waals surface area (Å²) in [4.78, 5) is 14.4. The average Bonchev–Trinajstić information content (AvgIpc) is 2.78. The molecule has 1 aliphatic rings. The van der Waals surface area contributed by atoms with E-state index in [0.717, 1.165) is 25.1 Å². The third kappa shape index (κ3) is 2.50. The molecule has 0 spiro atoms. The lowest BCUT2D eigenvalue weighted by Crippen LogP contribution is -2.30. The second-order valence-corrected chi connectivity index (χ2v) is 5.23. The lowest BCUT2D eigenvalue weighted by atomic mass is 10.0. The van der Waals surface area contributed by atoms with E-state index in [1.165, 1.54) is 12.8 Å². The molecule has 1 unspecified atom stereocenters. The molecule has 1 aromatic carbocycles. The molecule has 98 valence electrons. The van der Waals surface area contributed by atoms with Gasteiger partial charge in [0.2, 0.25) is 0 Å². The molecule has 1 saturated heterocycles. The Bertz CT molecular complexity index is 422. The van der Waals surface area contributed by atoms with Crippen LogP contribution in [0.15, 0.2) is 18.2 Å². The van der Waals surface area contributed by atoms with Gasteiger partial charge in [-0.2, -0.15) is 0 Å². The zero-order chi connectivity index (χ0) is 13.1. The van der Waals surface area contributed by atoms with Crippen LogP contribution in [0.2, 0.25) is 0 Å². The van der Waals surface area contributed by atoms with Gasteiger partial charge in [-0.25, -0.2) is 0 Å². The predicted molar refractivity (Wildman–Crippen MR) is 74.5 cm³/mol. The molecule has 18 heavy (non-hydrogen) atoms. The summed E-state index contributed by atoms with van der Waals surface area (Å²) < 4.78 is 0. The second kappa shape index (κ2) is 5.42. The number of nitrogen functional groups attached to an aromatic ring is 1. The topological polar surface area (TPSA) is 46.3 Å². The predicted octanol–water partition coefficient (Wildman–Crippen LogP) is 2.84. The number of rotatable bonds is 3. The highest BCUT2D eigenvalue weighted by atomic mass is 16.2. The lowest BCUT2D eigenvalue weighted by molar-refractivity contribution is 0.0787. The lowest BCUT2D eigenvalue weighted by Gasteiger charge is -2.19. The van der Waals surface area contributed by atoms with Gasteiger partial charge < -0.3 is 10.6 Å². The van der Waals surface area contributed by atoms with E-state index in [1.54, 1.807) is 6.07 Å². The first-order valence-electron chi connectivity index (χ1n) is 6.77. The van der Waals surface area contributed by atoms with E-state index in [0.29, 0.717) is 17.2 Å². The van der Waals surface area contributed by atoms with Crippen LogP contribution >= 0.6 is 0 Å². The highest BCUT2D eigenvalue weighted by Crippen LogP contribution is 2.25. The largest absolute Gasteiger partial charge is 0.398 e. The van der Waals surface area contributed by atoms with E-state index in [-0.39, 0.29) is 5.91 Å². The number of nitrogens with two attached hydrogens (primary N) is 1. The van der Waals surface area contributed by atoms with E-state index in [1.807, 2.05) is 24.0 Å². The first-order valence-corrected chi connectivity index (χ1v) is 6.77. The summed E-state index contributed by atoms with van der Waals surface area (Å²) in [6, 6.07) is 5.65. The summed E-state index contributed by atoms with van der Waals surface area (Å²) >= 11 is 0. The third-order valence-electron chi connectivity index (χ3n) is 3.79. The number of carbonyl (C=O) groups excluding carboxylic acids is 1. The summed E-state index contributed by atoms with van der Waals surface area (Å²) in [5.74, 6) is 0.772. The van der Waals surface area contributed by atoms with E-state index >= 15 is 0 Å². The fraction of sp³-hybridized carbons (Fsp3) is 0.533. The molecule has 1 amide bonds. The maximum atomic E-state index is 12.5. The van der Waals surface area contributed by atoms with E-state index < -0.39 is 0 Å². The Labute approximate surface area is 109 Å². The quantitative estimate of drug-likeness (QED) is 0.834. The molecule has 1 aromatic rings. The summed E-state index contributed by atoms with van der Waals surface area (Å²) in [6.45, 7) is 5.91. The van der Waals surface area contributed by atoms with Crippen LogP contribution in [0.5, 0.6) is 0 Å². The Morgan fingerprint density at radius 3 is 2.94 bits per heavy atom. The Morgan fingerprint density at radius 1 is 1.50 bits per heavy atom. The van der Waals surface area contributed by atoms with Gasteiger partial charge in [0, 0.05) is 18.8 Å². The number of aryl methyl sites for hydroxylation is 1. The maximum Gasteiger partial charge on any atom is 0.256 e. The van der Waals surface area contributed by atoms with Crippen molar-refractivity contribution in [3.63, 3.8) is 0 Å². The van der Waals surface area contributed by atoms with Crippen molar-refractivity contribution in [1.29, 1.82) is 0 Å². The van der Waals surface area contributed by atoms with Crippen LogP contribution in [0.4, 0.5) is 5.69 Å². The van der Waals surface area contributed by atoms with E-state index in [9.17, 15) is 4.79 Å². The molecule has 3 heteroatoms. The number of likely N-dealkylation sites (tertiary alicyclic amines) is 1. The van der Waals surface area contributed by atoms with Crippen molar-refractivity contribution >= 4 is 11.6 Å². The molecule has 0 radical (unpaired) electrons. The standard InChI is InChI=1S/C15H22N2O/c1-3-5-12-8-9-17(10-12)15(18)14-11(2)6-4-7-13(14)16/h4,6-7,12H,3,5,8-10,16H2,1-2H3. The molecular weight excluding hydrogens is 224 g/mol. The zero-order valence-corrected chi connectivity index (χ0v) is 11.3.